The molecule has 0 radical (unpaired) electrons. The summed E-state index contributed by atoms with van der Waals surface area (Å²) >= 11 is 2.30. The van der Waals surface area contributed by atoms with E-state index in [0.717, 1.165) is 9.35 Å². The molecule has 0 unspecified atom stereocenters. The Morgan fingerprint density at radius 2 is 1.55 bits per heavy atom. The van der Waals surface area contributed by atoms with Gasteiger partial charge in [0.25, 0.3) is 0 Å². The van der Waals surface area contributed by atoms with Crippen molar-refractivity contribution in [2.75, 3.05) is 0 Å². The second-order valence-corrected chi connectivity index (χ2v) is 13.2. The minimum absolute atomic E-state index is 0.672. The van der Waals surface area contributed by atoms with Crippen LogP contribution in [0.1, 0.15) is 41.5 Å². The molecule has 20 heavy (non-hydrogen) atoms. The Morgan fingerprint density at radius 1 is 1.00 bits per heavy atom. The fraction of sp³-hybridized carbons (Fsp3) is 0.600. The summed E-state index contributed by atoms with van der Waals surface area (Å²) in [5.74, 6) is 0. The quantitative estimate of drug-likeness (QED) is 0.407. The van der Waals surface area contributed by atoms with Crippen molar-refractivity contribution < 1.29 is 0 Å². The van der Waals surface area contributed by atoms with Gasteiger partial charge in [-0.15, -0.1) is 0 Å². The third kappa shape index (κ3) is 2.22. The van der Waals surface area contributed by atoms with E-state index in [1.165, 1.54) is 5.39 Å². The molecule has 0 bridgehead atoms. The second kappa shape index (κ2) is 5.75. The fourth-order valence-corrected chi connectivity index (χ4v) is 11.2. The third-order valence-electron chi connectivity index (χ3n) is 4.62. The molecule has 0 aromatic carbocycles. The van der Waals surface area contributed by atoms with Crippen LogP contribution in [-0.4, -0.2) is 22.4 Å². The van der Waals surface area contributed by atoms with E-state index in [4.69, 9.17) is 0 Å². The summed E-state index contributed by atoms with van der Waals surface area (Å²) in [6.45, 7) is 14.3. The average molecular weight is 401 g/mol. The van der Waals surface area contributed by atoms with E-state index >= 15 is 0 Å². The smallest absolute Gasteiger partial charge is 0.171 e. The van der Waals surface area contributed by atoms with Gasteiger partial charge in [0.15, 0.2) is 8.24 Å². The van der Waals surface area contributed by atoms with Crippen LogP contribution in [0.4, 0.5) is 0 Å². The van der Waals surface area contributed by atoms with Gasteiger partial charge in [0.2, 0.25) is 0 Å². The summed E-state index contributed by atoms with van der Waals surface area (Å²) in [7, 11) is -1.72. The molecule has 0 amide bonds. The summed E-state index contributed by atoms with van der Waals surface area (Å²) in [5.41, 5.74) is 3.13. The van der Waals surface area contributed by atoms with E-state index in [1.807, 2.05) is 0 Å². The number of rotatable bonds is 4. The molecule has 2 heterocycles. The van der Waals surface area contributed by atoms with Crippen molar-refractivity contribution in [2.45, 2.75) is 58.2 Å². The van der Waals surface area contributed by atoms with Crippen molar-refractivity contribution in [3.63, 3.8) is 0 Å². The molecule has 0 aliphatic heterocycles. The van der Waals surface area contributed by atoms with Crippen LogP contribution in [0.2, 0.25) is 16.6 Å². The standard InChI is InChI=1S/C15H24IN3Si/c1-10(2)20(11(3)4,12(5)6)19-8-7-13-14(16)17-9-18-15(13)19/h7-12H,1-6H3. The van der Waals surface area contributed by atoms with Crippen molar-refractivity contribution in [1.82, 2.24) is 14.2 Å². The number of hydrogen-bond acceptors (Lipinski definition) is 2. The lowest BCUT2D eigenvalue weighted by atomic mass is 10.4. The van der Waals surface area contributed by atoms with Gasteiger partial charge in [-0.05, 0) is 51.5 Å². The Kier molecular flexibility index (Phi) is 4.58. The van der Waals surface area contributed by atoms with E-state index in [1.54, 1.807) is 6.33 Å². The van der Waals surface area contributed by atoms with Crippen LogP contribution in [0.3, 0.4) is 0 Å². The first-order chi connectivity index (χ1) is 9.33. The van der Waals surface area contributed by atoms with E-state index in [2.05, 4.69) is 90.6 Å². The molecular formula is C15H24IN3Si. The molecule has 110 valence electrons. The summed E-state index contributed by atoms with van der Waals surface area (Å²) in [6.07, 6.45) is 3.95. The predicted molar refractivity (Wildman–Crippen MR) is 96.7 cm³/mol. The SMILES string of the molecule is CC(C)[Si](C(C)C)(C(C)C)n1ccc2c(I)ncnc21. The number of halogens is 1. The summed E-state index contributed by atoms with van der Waals surface area (Å²) < 4.78 is 3.58. The summed E-state index contributed by atoms with van der Waals surface area (Å²) in [5, 5.41) is 1.19. The zero-order valence-electron chi connectivity index (χ0n) is 13.2. The Labute approximate surface area is 136 Å². The second-order valence-electron chi connectivity index (χ2n) is 6.44. The Hall–Kier alpha value is -0.433. The number of hydrogen-bond donors (Lipinski definition) is 0. The lowest BCUT2D eigenvalue weighted by molar-refractivity contribution is 0.770. The van der Waals surface area contributed by atoms with Crippen LogP contribution in [0.25, 0.3) is 11.0 Å². The molecule has 3 nitrogen and oxygen atoms in total. The zero-order chi connectivity index (χ0) is 15.1. The molecule has 2 aromatic heterocycles. The summed E-state index contributed by atoms with van der Waals surface area (Å²) in [4.78, 5) is 8.91. The molecule has 0 aliphatic rings. The molecule has 0 saturated carbocycles. The third-order valence-corrected chi connectivity index (χ3v) is 12.2. The highest BCUT2D eigenvalue weighted by Crippen LogP contribution is 2.43. The lowest BCUT2D eigenvalue weighted by Gasteiger charge is -2.44. The first kappa shape index (κ1) is 15.9. The monoisotopic (exact) mass is 401 g/mol. The normalized spacial score (nSPS) is 13.1. The number of nitrogens with zero attached hydrogens (tertiary/aromatic N) is 3. The highest BCUT2D eigenvalue weighted by Gasteiger charge is 2.46. The maximum absolute atomic E-state index is 4.60. The molecule has 0 spiro atoms. The van der Waals surface area contributed by atoms with E-state index in [-0.39, 0.29) is 0 Å². The van der Waals surface area contributed by atoms with E-state index in [0.29, 0.717) is 16.6 Å². The Balaban J connectivity index is 2.79. The van der Waals surface area contributed by atoms with Crippen LogP contribution < -0.4 is 0 Å². The molecule has 0 aliphatic carbocycles. The lowest BCUT2D eigenvalue weighted by Crippen LogP contribution is -2.51. The van der Waals surface area contributed by atoms with Crippen molar-refractivity contribution in [2.24, 2.45) is 0 Å². The van der Waals surface area contributed by atoms with Crippen molar-refractivity contribution in [3.05, 3.63) is 22.3 Å². The molecular weight excluding hydrogens is 377 g/mol. The maximum atomic E-state index is 4.60. The van der Waals surface area contributed by atoms with Crippen molar-refractivity contribution in [3.8, 4) is 0 Å². The van der Waals surface area contributed by atoms with Crippen LogP contribution in [0.5, 0.6) is 0 Å². The van der Waals surface area contributed by atoms with Gasteiger partial charge >= 0.3 is 0 Å². The number of aromatic nitrogens is 3. The average Bonchev–Trinajstić information content (AvgIpc) is 2.74. The highest BCUT2D eigenvalue weighted by molar-refractivity contribution is 14.1. The molecule has 0 N–H and O–H groups in total. The highest BCUT2D eigenvalue weighted by atomic mass is 127. The molecule has 5 heteroatoms. The molecule has 2 aromatic rings. The van der Waals surface area contributed by atoms with Crippen LogP contribution in [0.15, 0.2) is 18.6 Å². The summed E-state index contributed by atoms with van der Waals surface area (Å²) in [6, 6.07) is 2.19. The van der Waals surface area contributed by atoms with Crippen LogP contribution in [0, 0.1) is 3.70 Å². The first-order valence-corrected chi connectivity index (χ1v) is 10.6. The minimum Gasteiger partial charge on any atom is -0.358 e. The van der Waals surface area contributed by atoms with E-state index in [9.17, 15) is 0 Å². The van der Waals surface area contributed by atoms with Crippen LogP contribution in [-0.2, 0) is 0 Å². The molecule has 0 saturated heterocycles. The maximum Gasteiger partial charge on any atom is 0.171 e. The molecule has 0 fully saturated rings. The largest absolute Gasteiger partial charge is 0.358 e. The van der Waals surface area contributed by atoms with Gasteiger partial charge < -0.3 is 4.23 Å². The van der Waals surface area contributed by atoms with Crippen molar-refractivity contribution in [1.29, 1.82) is 0 Å². The van der Waals surface area contributed by atoms with E-state index < -0.39 is 8.24 Å². The molecule has 2 rings (SSSR count). The zero-order valence-corrected chi connectivity index (χ0v) is 16.3. The van der Waals surface area contributed by atoms with Gasteiger partial charge in [-0.25, -0.2) is 9.97 Å². The van der Waals surface area contributed by atoms with Crippen LogP contribution >= 0.6 is 22.6 Å². The fourth-order valence-electron chi connectivity index (χ4n) is 4.07. The van der Waals surface area contributed by atoms with Gasteiger partial charge in [0.1, 0.15) is 15.7 Å². The first-order valence-electron chi connectivity index (χ1n) is 7.31. The van der Waals surface area contributed by atoms with Gasteiger partial charge in [-0.3, -0.25) is 0 Å². The van der Waals surface area contributed by atoms with Gasteiger partial charge in [0, 0.05) is 0 Å². The topological polar surface area (TPSA) is 30.7 Å². The van der Waals surface area contributed by atoms with Gasteiger partial charge in [-0.1, -0.05) is 41.5 Å². The minimum atomic E-state index is -1.72. The van der Waals surface area contributed by atoms with Crippen molar-refractivity contribution >= 4 is 41.9 Å². The van der Waals surface area contributed by atoms with Gasteiger partial charge in [-0.2, -0.15) is 0 Å². The predicted octanol–water partition coefficient (Wildman–Crippen LogP) is 5.06. The Morgan fingerprint density at radius 3 is 2.05 bits per heavy atom. The number of fused-ring (bicyclic) bond motifs is 1. The van der Waals surface area contributed by atoms with Gasteiger partial charge in [0.05, 0.1) is 5.39 Å². The Bertz CT molecular complexity index is 582. The molecule has 0 atom stereocenters.